The Hall–Kier alpha value is -2.10. The molecule has 0 saturated heterocycles. The van der Waals surface area contributed by atoms with Crippen LogP contribution < -0.4 is 10.3 Å². The zero-order chi connectivity index (χ0) is 14.1. The van der Waals surface area contributed by atoms with E-state index in [0.717, 1.165) is 53.8 Å². The van der Waals surface area contributed by atoms with Crippen LogP contribution in [0.2, 0.25) is 0 Å². The lowest BCUT2D eigenvalue weighted by molar-refractivity contribution is 0.415. The molecule has 4 heteroatoms. The van der Waals surface area contributed by atoms with Gasteiger partial charge in [-0.2, -0.15) is 0 Å². The first-order valence-corrected chi connectivity index (χ1v) is 6.96. The van der Waals surface area contributed by atoms with E-state index in [1.807, 2.05) is 25.1 Å². The summed E-state index contributed by atoms with van der Waals surface area (Å²) in [7, 11) is 1.63. The molecule has 0 fully saturated rings. The van der Waals surface area contributed by atoms with Crippen molar-refractivity contribution >= 4 is 0 Å². The Balaban J connectivity index is 2.16. The zero-order valence-corrected chi connectivity index (χ0v) is 11.8. The van der Waals surface area contributed by atoms with Crippen LogP contribution >= 0.6 is 0 Å². The van der Waals surface area contributed by atoms with E-state index >= 15 is 0 Å². The molecule has 0 amide bonds. The maximum absolute atomic E-state index is 12.2. The van der Waals surface area contributed by atoms with Gasteiger partial charge >= 0.3 is 0 Å². The van der Waals surface area contributed by atoms with Crippen LogP contribution in [0.5, 0.6) is 5.75 Å². The normalized spacial score (nSPS) is 13.9. The summed E-state index contributed by atoms with van der Waals surface area (Å²) in [5.74, 6) is 1.34. The van der Waals surface area contributed by atoms with Crippen LogP contribution in [0.1, 0.15) is 29.7 Å². The fraction of sp³-hybridized carbons (Fsp3) is 0.375. The second-order valence-corrected chi connectivity index (χ2v) is 5.25. The number of nitrogens with one attached hydrogen (secondary N) is 1. The van der Waals surface area contributed by atoms with Gasteiger partial charge in [-0.25, -0.2) is 4.98 Å². The first-order chi connectivity index (χ1) is 9.69. The monoisotopic (exact) mass is 270 g/mol. The number of benzene rings is 1. The molecular weight excluding hydrogens is 252 g/mol. The summed E-state index contributed by atoms with van der Waals surface area (Å²) < 4.78 is 5.40. The van der Waals surface area contributed by atoms with Crippen molar-refractivity contribution < 1.29 is 4.74 Å². The third-order valence-corrected chi connectivity index (χ3v) is 3.80. The highest BCUT2D eigenvalue weighted by atomic mass is 16.5. The lowest BCUT2D eigenvalue weighted by atomic mass is 9.97. The summed E-state index contributed by atoms with van der Waals surface area (Å²) in [5, 5.41) is 0. The molecular formula is C16H18N2O2. The van der Waals surface area contributed by atoms with Crippen molar-refractivity contribution in [1.82, 2.24) is 9.97 Å². The van der Waals surface area contributed by atoms with Crippen LogP contribution in [-0.4, -0.2) is 17.1 Å². The Morgan fingerprint density at radius 3 is 2.85 bits per heavy atom. The van der Waals surface area contributed by atoms with Gasteiger partial charge in [0.1, 0.15) is 11.6 Å². The Bertz CT molecular complexity index is 704. The predicted octanol–water partition coefficient (Wildman–Crippen LogP) is 2.63. The second kappa shape index (κ2) is 5.12. The minimum Gasteiger partial charge on any atom is -0.496 e. The molecule has 0 atom stereocenters. The van der Waals surface area contributed by atoms with Gasteiger partial charge in [0, 0.05) is 5.56 Å². The summed E-state index contributed by atoms with van der Waals surface area (Å²) in [6.07, 6.45) is 3.91. The first-order valence-electron chi connectivity index (χ1n) is 6.96. The molecule has 4 nitrogen and oxygen atoms in total. The van der Waals surface area contributed by atoms with E-state index < -0.39 is 0 Å². The van der Waals surface area contributed by atoms with Crippen LogP contribution in [0, 0.1) is 6.92 Å². The Morgan fingerprint density at radius 2 is 2.05 bits per heavy atom. The highest BCUT2D eigenvalue weighted by Crippen LogP contribution is 2.29. The Labute approximate surface area is 117 Å². The molecule has 2 aromatic rings. The number of rotatable bonds is 2. The van der Waals surface area contributed by atoms with Gasteiger partial charge in [-0.15, -0.1) is 0 Å². The molecule has 0 radical (unpaired) electrons. The number of aromatic amines is 1. The van der Waals surface area contributed by atoms with Gasteiger partial charge in [0.2, 0.25) is 0 Å². The maximum atomic E-state index is 12.2. The van der Waals surface area contributed by atoms with Crippen molar-refractivity contribution in [1.29, 1.82) is 0 Å². The molecule has 0 saturated carbocycles. The van der Waals surface area contributed by atoms with Crippen molar-refractivity contribution in [2.45, 2.75) is 32.6 Å². The second-order valence-electron chi connectivity index (χ2n) is 5.25. The fourth-order valence-corrected chi connectivity index (χ4v) is 2.72. The summed E-state index contributed by atoms with van der Waals surface area (Å²) in [4.78, 5) is 19.7. The van der Waals surface area contributed by atoms with E-state index in [9.17, 15) is 4.79 Å². The fourth-order valence-electron chi connectivity index (χ4n) is 2.72. The molecule has 1 N–H and O–H groups in total. The quantitative estimate of drug-likeness (QED) is 0.912. The SMILES string of the molecule is COc1cc(C)ccc1-c1nc2c(c(=O)[nH]1)CCCC2. The zero-order valence-electron chi connectivity index (χ0n) is 11.8. The third-order valence-electron chi connectivity index (χ3n) is 3.80. The number of aromatic nitrogens is 2. The number of aryl methyl sites for hydroxylation is 2. The Morgan fingerprint density at radius 1 is 1.25 bits per heavy atom. The van der Waals surface area contributed by atoms with Gasteiger partial charge in [0.15, 0.2) is 0 Å². The Kier molecular flexibility index (Phi) is 3.30. The minimum atomic E-state index is -0.00710. The van der Waals surface area contributed by atoms with E-state index in [1.54, 1.807) is 7.11 Å². The van der Waals surface area contributed by atoms with Crippen molar-refractivity contribution in [3.63, 3.8) is 0 Å². The lowest BCUT2D eigenvalue weighted by Crippen LogP contribution is -2.21. The van der Waals surface area contributed by atoms with Crippen molar-refractivity contribution in [3.8, 4) is 17.1 Å². The summed E-state index contributed by atoms with van der Waals surface area (Å²) >= 11 is 0. The third kappa shape index (κ3) is 2.22. The maximum Gasteiger partial charge on any atom is 0.254 e. The van der Waals surface area contributed by atoms with Crippen LogP contribution in [0.25, 0.3) is 11.4 Å². The van der Waals surface area contributed by atoms with E-state index in [1.165, 1.54) is 0 Å². The molecule has 0 aliphatic heterocycles. The molecule has 1 heterocycles. The molecule has 0 spiro atoms. The number of methoxy groups -OCH3 is 1. The molecule has 0 unspecified atom stereocenters. The van der Waals surface area contributed by atoms with Crippen LogP contribution in [0.15, 0.2) is 23.0 Å². The van der Waals surface area contributed by atoms with Crippen molar-refractivity contribution in [2.24, 2.45) is 0 Å². The van der Waals surface area contributed by atoms with Gasteiger partial charge < -0.3 is 9.72 Å². The topological polar surface area (TPSA) is 55.0 Å². The van der Waals surface area contributed by atoms with Crippen molar-refractivity contribution in [3.05, 3.63) is 45.4 Å². The number of H-pyrrole nitrogens is 1. The van der Waals surface area contributed by atoms with Gasteiger partial charge in [0.25, 0.3) is 5.56 Å². The minimum absolute atomic E-state index is 0.00710. The number of hydrogen-bond donors (Lipinski definition) is 1. The molecule has 104 valence electrons. The largest absolute Gasteiger partial charge is 0.496 e. The molecule has 0 bridgehead atoms. The molecule has 1 aliphatic rings. The molecule has 1 aromatic carbocycles. The van der Waals surface area contributed by atoms with Gasteiger partial charge in [0.05, 0.1) is 18.4 Å². The van der Waals surface area contributed by atoms with Gasteiger partial charge in [-0.1, -0.05) is 6.07 Å². The average Bonchev–Trinajstić information content (AvgIpc) is 2.47. The highest BCUT2D eigenvalue weighted by Gasteiger charge is 2.17. The predicted molar refractivity (Wildman–Crippen MR) is 78.2 cm³/mol. The summed E-state index contributed by atoms with van der Waals surface area (Å²) in [6, 6.07) is 5.90. The highest BCUT2D eigenvalue weighted by molar-refractivity contribution is 5.65. The smallest absolute Gasteiger partial charge is 0.254 e. The number of hydrogen-bond acceptors (Lipinski definition) is 3. The lowest BCUT2D eigenvalue weighted by Gasteiger charge is -2.15. The van der Waals surface area contributed by atoms with E-state index in [-0.39, 0.29) is 5.56 Å². The molecule has 1 aromatic heterocycles. The number of nitrogens with zero attached hydrogens (tertiary/aromatic N) is 1. The van der Waals surface area contributed by atoms with Crippen LogP contribution in [-0.2, 0) is 12.8 Å². The summed E-state index contributed by atoms with van der Waals surface area (Å²) in [6.45, 7) is 2.01. The van der Waals surface area contributed by atoms with Crippen LogP contribution in [0.3, 0.4) is 0 Å². The van der Waals surface area contributed by atoms with E-state index in [4.69, 9.17) is 4.74 Å². The van der Waals surface area contributed by atoms with E-state index in [2.05, 4.69) is 9.97 Å². The van der Waals surface area contributed by atoms with E-state index in [0.29, 0.717) is 5.82 Å². The first kappa shape index (κ1) is 12.9. The van der Waals surface area contributed by atoms with Gasteiger partial charge in [-0.3, -0.25) is 4.79 Å². The number of ether oxygens (including phenoxy) is 1. The average molecular weight is 270 g/mol. The summed E-state index contributed by atoms with van der Waals surface area (Å²) in [5.41, 5.74) is 3.74. The van der Waals surface area contributed by atoms with Gasteiger partial charge in [-0.05, 0) is 50.3 Å². The molecule has 20 heavy (non-hydrogen) atoms. The standard InChI is InChI=1S/C16H18N2O2/c1-10-7-8-12(14(9-10)20-2)15-17-13-6-4-3-5-11(13)16(19)18-15/h7-9H,3-6H2,1-2H3,(H,17,18,19). The number of fused-ring (bicyclic) bond motifs is 1. The van der Waals surface area contributed by atoms with Crippen molar-refractivity contribution in [2.75, 3.05) is 7.11 Å². The molecule has 3 rings (SSSR count). The molecule has 1 aliphatic carbocycles. The van der Waals surface area contributed by atoms with Crippen LogP contribution in [0.4, 0.5) is 0 Å².